The van der Waals surface area contributed by atoms with Gasteiger partial charge in [-0.1, -0.05) is 31.1 Å². The zero-order valence-corrected chi connectivity index (χ0v) is 11.0. The molecule has 1 aromatic heterocycles. The molecule has 0 bridgehead atoms. The van der Waals surface area contributed by atoms with Gasteiger partial charge in [-0.3, -0.25) is 0 Å². The summed E-state index contributed by atoms with van der Waals surface area (Å²) in [7, 11) is 0. The van der Waals surface area contributed by atoms with Crippen LogP contribution in [-0.4, -0.2) is 10.1 Å². The van der Waals surface area contributed by atoms with Gasteiger partial charge in [-0.05, 0) is 18.1 Å². The molecule has 7 heteroatoms. The number of aromatic nitrogens is 2. The van der Waals surface area contributed by atoms with E-state index in [0.717, 1.165) is 6.07 Å². The Kier molecular flexibility index (Phi) is 3.80. The summed E-state index contributed by atoms with van der Waals surface area (Å²) in [5.74, 6) is 0.0781. The third kappa shape index (κ3) is 2.82. The summed E-state index contributed by atoms with van der Waals surface area (Å²) in [6.07, 6.45) is -4.48. The monoisotopic (exact) mass is 285 g/mol. The van der Waals surface area contributed by atoms with E-state index in [0.29, 0.717) is 0 Å². The number of hydrogen-bond acceptors (Lipinski definition) is 4. The molecule has 0 saturated carbocycles. The van der Waals surface area contributed by atoms with Gasteiger partial charge in [0.1, 0.15) is 0 Å². The fourth-order valence-electron chi connectivity index (χ4n) is 1.69. The van der Waals surface area contributed by atoms with Crippen LogP contribution in [0.25, 0.3) is 11.5 Å². The number of hydrogen-bond donors (Lipinski definition) is 1. The number of halogens is 3. The Hall–Kier alpha value is -1.89. The first-order chi connectivity index (χ1) is 9.30. The molecule has 0 aliphatic heterocycles. The van der Waals surface area contributed by atoms with Gasteiger partial charge in [-0.2, -0.15) is 18.2 Å². The topological polar surface area (TPSA) is 64.9 Å². The molecular weight excluding hydrogens is 271 g/mol. The van der Waals surface area contributed by atoms with Crippen molar-refractivity contribution in [2.75, 3.05) is 0 Å². The minimum Gasteiger partial charge on any atom is -0.334 e. The smallest absolute Gasteiger partial charge is 0.334 e. The summed E-state index contributed by atoms with van der Waals surface area (Å²) in [5.41, 5.74) is 4.89. The molecule has 0 aliphatic rings. The predicted octanol–water partition coefficient (Wildman–Crippen LogP) is 3.41. The van der Waals surface area contributed by atoms with Crippen molar-refractivity contribution in [3.63, 3.8) is 0 Å². The molecule has 2 rings (SSSR count). The average molecular weight is 285 g/mol. The van der Waals surface area contributed by atoms with Crippen LogP contribution in [0.4, 0.5) is 13.2 Å². The molecule has 0 amide bonds. The number of benzene rings is 1. The van der Waals surface area contributed by atoms with Gasteiger partial charge >= 0.3 is 6.18 Å². The van der Waals surface area contributed by atoms with Crippen LogP contribution < -0.4 is 5.73 Å². The Labute approximate surface area is 113 Å². The molecule has 0 fully saturated rings. The van der Waals surface area contributed by atoms with E-state index in [1.54, 1.807) is 0 Å². The predicted molar refractivity (Wildman–Crippen MR) is 66.5 cm³/mol. The molecule has 1 unspecified atom stereocenters. The molecule has 1 heterocycles. The van der Waals surface area contributed by atoms with Crippen LogP contribution >= 0.6 is 0 Å². The van der Waals surface area contributed by atoms with Crippen molar-refractivity contribution in [2.45, 2.75) is 26.1 Å². The van der Waals surface area contributed by atoms with Crippen LogP contribution in [-0.2, 0) is 6.18 Å². The summed E-state index contributed by atoms with van der Waals surface area (Å²) in [5, 5.41) is 3.66. The van der Waals surface area contributed by atoms with Crippen LogP contribution in [0.2, 0.25) is 0 Å². The van der Waals surface area contributed by atoms with Crippen LogP contribution in [0.1, 0.15) is 31.3 Å². The third-order valence-electron chi connectivity index (χ3n) is 2.92. The van der Waals surface area contributed by atoms with Gasteiger partial charge in [-0.25, -0.2) is 0 Å². The van der Waals surface area contributed by atoms with Crippen LogP contribution in [0, 0.1) is 5.92 Å². The maximum atomic E-state index is 12.9. The number of rotatable bonds is 3. The first-order valence-electron chi connectivity index (χ1n) is 6.06. The summed E-state index contributed by atoms with van der Waals surface area (Å²) >= 11 is 0. The molecule has 2 N–H and O–H groups in total. The normalized spacial score (nSPS) is 13.8. The highest BCUT2D eigenvalue weighted by atomic mass is 19.4. The third-order valence-corrected chi connectivity index (χ3v) is 2.92. The Balaban J connectivity index is 2.43. The zero-order valence-electron chi connectivity index (χ0n) is 11.0. The molecule has 20 heavy (non-hydrogen) atoms. The van der Waals surface area contributed by atoms with Gasteiger partial charge in [0, 0.05) is 0 Å². The van der Waals surface area contributed by atoms with Crippen LogP contribution in [0.5, 0.6) is 0 Å². The Bertz CT molecular complexity index is 593. The quantitative estimate of drug-likeness (QED) is 0.938. The first-order valence-corrected chi connectivity index (χ1v) is 6.06. The van der Waals surface area contributed by atoms with Crippen molar-refractivity contribution in [1.29, 1.82) is 0 Å². The van der Waals surface area contributed by atoms with Crippen molar-refractivity contribution < 1.29 is 17.7 Å². The largest absolute Gasteiger partial charge is 0.417 e. The molecule has 108 valence electrons. The van der Waals surface area contributed by atoms with E-state index in [1.807, 2.05) is 13.8 Å². The highest BCUT2D eigenvalue weighted by molar-refractivity contribution is 5.59. The molecule has 0 radical (unpaired) electrons. The van der Waals surface area contributed by atoms with Crippen molar-refractivity contribution in [2.24, 2.45) is 11.7 Å². The fourth-order valence-corrected chi connectivity index (χ4v) is 1.69. The number of nitrogens with two attached hydrogens (primary N) is 1. The number of alkyl halides is 3. The lowest BCUT2D eigenvalue weighted by Crippen LogP contribution is -2.18. The van der Waals surface area contributed by atoms with Gasteiger partial charge < -0.3 is 10.3 Å². The number of nitrogens with zero attached hydrogens (tertiary/aromatic N) is 2. The lowest BCUT2D eigenvalue weighted by molar-refractivity contribution is -0.137. The van der Waals surface area contributed by atoms with E-state index in [2.05, 4.69) is 10.1 Å². The Morgan fingerprint density at radius 1 is 1.20 bits per heavy atom. The molecule has 2 aromatic rings. The SMILES string of the molecule is CC(C)C(N)c1noc(-c2ccccc2C(F)(F)F)n1. The summed E-state index contributed by atoms with van der Waals surface area (Å²) in [6.45, 7) is 3.73. The van der Waals surface area contributed by atoms with E-state index < -0.39 is 17.8 Å². The van der Waals surface area contributed by atoms with Crippen LogP contribution in [0.15, 0.2) is 28.8 Å². The summed E-state index contributed by atoms with van der Waals surface area (Å²) in [4.78, 5) is 3.97. The van der Waals surface area contributed by atoms with E-state index in [9.17, 15) is 13.2 Å². The zero-order chi connectivity index (χ0) is 14.9. The Morgan fingerprint density at radius 2 is 1.85 bits per heavy atom. The van der Waals surface area contributed by atoms with Gasteiger partial charge in [-0.15, -0.1) is 0 Å². The van der Waals surface area contributed by atoms with Gasteiger partial charge in [0.2, 0.25) is 0 Å². The standard InChI is InChI=1S/C13H14F3N3O/c1-7(2)10(17)11-18-12(20-19-11)8-5-3-4-6-9(8)13(14,15)16/h3-7,10H,17H2,1-2H3. The lowest BCUT2D eigenvalue weighted by Gasteiger charge is -2.10. The average Bonchev–Trinajstić information content (AvgIpc) is 2.86. The highest BCUT2D eigenvalue weighted by Gasteiger charge is 2.35. The van der Waals surface area contributed by atoms with Crippen molar-refractivity contribution in [1.82, 2.24) is 10.1 Å². The minimum absolute atomic E-state index is 0.0540. The van der Waals surface area contributed by atoms with Gasteiger partial charge in [0.05, 0.1) is 17.2 Å². The lowest BCUT2D eigenvalue weighted by atomic mass is 10.1. The second kappa shape index (κ2) is 5.24. The van der Waals surface area contributed by atoms with E-state index >= 15 is 0 Å². The van der Waals surface area contributed by atoms with Crippen molar-refractivity contribution in [3.05, 3.63) is 35.7 Å². The maximum Gasteiger partial charge on any atom is 0.417 e. The minimum atomic E-state index is -4.48. The second-order valence-corrected chi connectivity index (χ2v) is 4.77. The Morgan fingerprint density at radius 3 is 2.45 bits per heavy atom. The summed E-state index contributed by atoms with van der Waals surface area (Å²) in [6, 6.07) is 4.58. The van der Waals surface area contributed by atoms with Crippen molar-refractivity contribution in [3.8, 4) is 11.5 Å². The molecule has 4 nitrogen and oxygen atoms in total. The molecule has 1 aromatic carbocycles. The molecule has 0 aliphatic carbocycles. The van der Waals surface area contributed by atoms with Crippen molar-refractivity contribution >= 4 is 0 Å². The maximum absolute atomic E-state index is 12.9. The molecule has 1 atom stereocenters. The van der Waals surface area contributed by atoms with E-state index in [1.165, 1.54) is 18.2 Å². The van der Waals surface area contributed by atoms with E-state index in [-0.39, 0.29) is 23.2 Å². The van der Waals surface area contributed by atoms with E-state index in [4.69, 9.17) is 10.3 Å². The first kappa shape index (κ1) is 14.5. The molecular formula is C13H14F3N3O. The fraction of sp³-hybridized carbons (Fsp3) is 0.385. The molecule has 0 spiro atoms. The summed E-state index contributed by atoms with van der Waals surface area (Å²) < 4.78 is 43.7. The van der Waals surface area contributed by atoms with Crippen LogP contribution in [0.3, 0.4) is 0 Å². The highest BCUT2D eigenvalue weighted by Crippen LogP contribution is 2.36. The van der Waals surface area contributed by atoms with Gasteiger partial charge in [0.25, 0.3) is 5.89 Å². The van der Waals surface area contributed by atoms with Gasteiger partial charge in [0.15, 0.2) is 5.82 Å². The molecule has 0 saturated heterocycles. The second-order valence-electron chi connectivity index (χ2n) is 4.77.